The standard InChI is InChI=1S/C7H16ClFO4P2/c1-3-7(4-11-14(8)10)5-12-15(2,9)13-6-7/h14-15H,3-6H2,1-2H3. The van der Waals surface area contributed by atoms with Gasteiger partial charge in [-0.05, 0) is 0 Å². The molecule has 0 saturated carbocycles. The number of rotatable bonds is 4. The van der Waals surface area contributed by atoms with Gasteiger partial charge in [0.15, 0.2) is 0 Å². The van der Waals surface area contributed by atoms with Gasteiger partial charge in [-0.1, -0.05) is 0 Å². The number of halogens is 2. The van der Waals surface area contributed by atoms with Gasteiger partial charge in [-0.2, -0.15) is 0 Å². The van der Waals surface area contributed by atoms with Crippen molar-refractivity contribution < 1.29 is 22.3 Å². The van der Waals surface area contributed by atoms with Gasteiger partial charge in [-0.3, -0.25) is 0 Å². The molecular formula is C7H16ClFO4P2. The van der Waals surface area contributed by atoms with Gasteiger partial charge in [-0.15, -0.1) is 0 Å². The summed E-state index contributed by atoms with van der Waals surface area (Å²) in [6, 6.07) is 0. The molecule has 8 heteroatoms. The molecule has 0 radical (unpaired) electrons. The van der Waals surface area contributed by atoms with E-state index in [2.05, 4.69) is 0 Å². The van der Waals surface area contributed by atoms with E-state index in [4.69, 9.17) is 24.8 Å². The number of hydrogen-bond acceptors (Lipinski definition) is 4. The van der Waals surface area contributed by atoms with Crippen molar-refractivity contribution in [2.24, 2.45) is 5.41 Å². The molecule has 1 heterocycles. The fraction of sp³-hybridized carbons (Fsp3) is 1.00. The van der Waals surface area contributed by atoms with Crippen LogP contribution in [0.4, 0.5) is 4.20 Å². The molecule has 0 N–H and O–H groups in total. The molecule has 1 unspecified atom stereocenters. The molecule has 1 aliphatic rings. The van der Waals surface area contributed by atoms with Crippen LogP contribution in [-0.2, 0) is 18.1 Å². The Bertz CT molecular complexity index is 241. The number of hydrogen-bond donors (Lipinski definition) is 0. The zero-order valence-electron chi connectivity index (χ0n) is 8.72. The van der Waals surface area contributed by atoms with Crippen molar-refractivity contribution in [3.05, 3.63) is 0 Å². The molecule has 1 saturated heterocycles. The molecule has 92 valence electrons. The molecule has 1 aliphatic heterocycles. The summed E-state index contributed by atoms with van der Waals surface area (Å²) in [5.74, 6) is 0. The van der Waals surface area contributed by atoms with E-state index in [1.807, 2.05) is 6.92 Å². The summed E-state index contributed by atoms with van der Waals surface area (Å²) in [6.07, 6.45) is 0.698. The van der Waals surface area contributed by atoms with Gasteiger partial charge in [0.1, 0.15) is 0 Å². The molecule has 0 aromatic heterocycles. The minimum absolute atomic E-state index is 0.176. The van der Waals surface area contributed by atoms with E-state index in [1.165, 1.54) is 6.66 Å². The minimum atomic E-state index is -3.41. The molecule has 4 nitrogen and oxygen atoms in total. The van der Waals surface area contributed by atoms with Crippen LogP contribution in [0.15, 0.2) is 0 Å². The van der Waals surface area contributed by atoms with Crippen LogP contribution in [0.2, 0.25) is 0 Å². The van der Waals surface area contributed by atoms with E-state index in [-0.39, 0.29) is 19.8 Å². The SMILES string of the molecule is CCC1(CO[PH](=O)Cl)CO[PH](C)(F)OC1. The average molecular weight is 281 g/mol. The second kappa shape index (κ2) is 5.39. The fourth-order valence-electron chi connectivity index (χ4n) is 1.25. The van der Waals surface area contributed by atoms with Crippen molar-refractivity contribution in [2.45, 2.75) is 13.3 Å². The summed E-state index contributed by atoms with van der Waals surface area (Å²) in [5, 5.41) is 0. The van der Waals surface area contributed by atoms with Crippen LogP contribution in [-0.4, -0.2) is 26.5 Å². The molecular weight excluding hydrogens is 264 g/mol. The van der Waals surface area contributed by atoms with Gasteiger partial charge >= 0.3 is 94.2 Å². The van der Waals surface area contributed by atoms with E-state index >= 15 is 0 Å². The first-order chi connectivity index (χ1) is 6.89. The van der Waals surface area contributed by atoms with Crippen LogP contribution >= 0.6 is 26.6 Å². The van der Waals surface area contributed by atoms with Gasteiger partial charge in [0.2, 0.25) is 0 Å². The predicted octanol–water partition coefficient (Wildman–Crippen LogP) is 3.17. The molecule has 1 rings (SSSR count). The Morgan fingerprint density at radius 3 is 2.53 bits per heavy atom. The summed E-state index contributed by atoms with van der Waals surface area (Å²) < 4.78 is 38.9. The van der Waals surface area contributed by atoms with Crippen LogP contribution < -0.4 is 0 Å². The third-order valence-electron chi connectivity index (χ3n) is 2.51. The maximum atomic E-state index is 13.3. The Kier molecular flexibility index (Phi) is 4.97. The molecule has 0 aliphatic carbocycles. The Morgan fingerprint density at radius 1 is 1.60 bits per heavy atom. The van der Waals surface area contributed by atoms with Crippen LogP contribution in [0.5, 0.6) is 0 Å². The molecule has 0 spiro atoms. The summed E-state index contributed by atoms with van der Waals surface area (Å²) >= 11 is 5.25. The second-order valence-electron chi connectivity index (χ2n) is 3.79. The fourth-order valence-corrected chi connectivity index (χ4v) is 3.04. The Balaban J connectivity index is 2.52. The van der Waals surface area contributed by atoms with E-state index in [9.17, 15) is 8.76 Å². The van der Waals surface area contributed by atoms with Crippen molar-refractivity contribution in [2.75, 3.05) is 26.5 Å². The molecule has 1 fully saturated rings. The van der Waals surface area contributed by atoms with Gasteiger partial charge in [0.05, 0.1) is 0 Å². The summed E-state index contributed by atoms with van der Waals surface area (Å²) in [6.45, 7) is 3.90. The summed E-state index contributed by atoms with van der Waals surface area (Å²) in [5.41, 5.74) is -0.423. The van der Waals surface area contributed by atoms with Crippen molar-refractivity contribution in [3.8, 4) is 0 Å². The average Bonchev–Trinajstić information content (AvgIpc) is 2.17. The maximum absolute atomic E-state index is 13.3. The molecule has 0 aromatic carbocycles. The zero-order valence-corrected chi connectivity index (χ0v) is 11.5. The van der Waals surface area contributed by atoms with Gasteiger partial charge in [0.25, 0.3) is 0 Å². The summed E-state index contributed by atoms with van der Waals surface area (Å²) in [4.78, 5) is 0. The molecule has 0 bridgehead atoms. The quantitative estimate of drug-likeness (QED) is 0.742. The molecule has 0 aromatic rings. The van der Waals surface area contributed by atoms with Crippen molar-refractivity contribution in [1.29, 1.82) is 0 Å². The van der Waals surface area contributed by atoms with Crippen molar-refractivity contribution in [1.82, 2.24) is 0 Å². The zero-order chi connectivity index (χ0) is 11.5. The Labute approximate surface area is 94.7 Å². The van der Waals surface area contributed by atoms with E-state index in [1.54, 1.807) is 0 Å². The Morgan fingerprint density at radius 2 is 2.13 bits per heavy atom. The second-order valence-corrected chi connectivity index (χ2v) is 7.73. The Hall–Kier alpha value is 0.760. The van der Waals surface area contributed by atoms with Crippen molar-refractivity contribution >= 4 is 26.6 Å². The van der Waals surface area contributed by atoms with E-state index < -0.39 is 20.8 Å². The third-order valence-corrected chi connectivity index (χ3v) is 4.53. The topological polar surface area (TPSA) is 44.8 Å². The van der Waals surface area contributed by atoms with Gasteiger partial charge < -0.3 is 0 Å². The third kappa shape index (κ3) is 4.26. The predicted molar refractivity (Wildman–Crippen MR) is 60.8 cm³/mol. The van der Waals surface area contributed by atoms with Gasteiger partial charge in [0, 0.05) is 0 Å². The van der Waals surface area contributed by atoms with E-state index in [0.29, 0.717) is 6.42 Å². The van der Waals surface area contributed by atoms with Gasteiger partial charge in [-0.25, -0.2) is 0 Å². The first-order valence-electron chi connectivity index (χ1n) is 4.68. The first kappa shape index (κ1) is 13.8. The summed E-state index contributed by atoms with van der Waals surface area (Å²) in [7, 11) is -5.89. The first-order valence-corrected chi connectivity index (χ1v) is 9.20. The monoisotopic (exact) mass is 280 g/mol. The van der Waals surface area contributed by atoms with Crippen LogP contribution in [0.1, 0.15) is 13.3 Å². The van der Waals surface area contributed by atoms with Crippen LogP contribution in [0.25, 0.3) is 0 Å². The molecule has 15 heavy (non-hydrogen) atoms. The van der Waals surface area contributed by atoms with Crippen molar-refractivity contribution in [3.63, 3.8) is 0 Å². The normalized spacial score (nSPS) is 34.7. The van der Waals surface area contributed by atoms with Crippen LogP contribution in [0, 0.1) is 5.41 Å². The molecule has 1 atom stereocenters. The van der Waals surface area contributed by atoms with Crippen LogP contribution in [0.3, 0.4) is 0 Å². The molecule has 0 amide bonds. The van der Waals surface area contributed by atoms with E-state index in [0.717, 1.165) is 0 Å².